The van der Waals surface area contributed by atoms with E-state index in [1.54, 1.807) is 17.5 Å². The van der Waals surface area contributed by atoms with E-state index < -0.39 is 0 Å². The van der Waals surface area contributed by atoms with Crippen LogP contribution in [0.5, 0.6) is 0 Å². The van der Waals surface area contributed by atoms with Crippen LogP contribution in [0.1, 0.15) is 18.9 Å². The summed E-state index contributed by atoms with van der Waals surface area (Å²) in [6, 6.07) is 13.2. The van der Waals surface area contributed by atoms with Gasteiger partial charge < -0.3 is 9.32 Å². The van der Waals surface area contributed by atoms with Gasteiger partial charge in [0, 0.05) is 26.2 Å². The molecule has 164 valence electrons. The van der Waals surface area contributed by atoms with Crippen molar-refractivity contribution in [2.24, 2.45) is 0 Å². The van der Waals surface area contributed by atoms with Gasteiger partial charge in [-0.1, -0.05) is 35.9 Å². The molecule has 0 saturated carbocycles. The zero-order valence-corrected chi connectivity index (χ0v) is 19.0. The van der Waals surface area contributed by atoms with E-state index in [1.807, 2.05) is 47.8 Å². The number of para-hydroxylation sites is 1. The summed E-state index contributed by atoms with van der Waals surface area (Å²) >= 11 is 8.04. The molecule has 3 aromatic heterocycles. The first-order valence-corrected chi connectivity index (χ1v) is 11.6. The highest BCUT2D eigenvalue weighted by molar-refractivity contribution is 7.13. The third-order valence-corrected chi connectivity index (χ3v) is 6.85. The van der Waals surface area contributed by atoms with Crippen molar-refractivity contribution < 1.29 is 4.42 Å². The van der Waals surface area contributed by atoms with Gasteiger partial charge in [-0.2, -0.15) is 9.78 Å². The van der Waals surface area contributed by atoms with Gasteiger partial charge in [0.2, 0.25) is 5.89 Å². The Morgan fingerprint density at radius 3 is 2.56 bits per heavy atom. The number of piperazine rings is 1. The summed E-state index contributed by atoms with van der Waals surface area (Å²) in [5.41, 5.74) is 1.03. The van der Waals surface area contributed by atoms with Gasteiger partial charge in [-0.15, -0.1) is 21.5 Å². The summed E-state index contributed by atoms with van der Waals surface area (Å²) in [5.74, 6) is 1.16. The van der Waals surface area contributed by atoms with E-state index >= 15 is 0 Å². The molecule has 5 rings (SSSR count). The van der Waals surface area contributed by atoms with Crippen LogP contribution < -0.4 is 10.5 Å². The number of hydrogen-bond acceptors (Lipinski definition) is 8. The summed E-state index contributed by atoms with van der Waals surface area (Å²) in [7, 11) is 0. The van der Waals surface area contributed by atoms with E-state index in [1.165, 1.54) is 4.68 Å². The van der Waals surface area contributed by atoms with Crippen LogP contribution in [0.15, 0.2) is 63.3 Å². The lowest BCUT2D eigenvalue weighted by Gasteiger charge is -2.38. The third-order valence-electron chi connectivity index (χ3n) is 5.63. The minimum atomic E-state index is -0.321. The Morgan fingerprint density at radius 1 is 1.06 bits per heavy atom. The first-order valence-electron chi connectivity index (χ1n) is 10.3. The lowest BCUT2D eigenvalue weighted by molar-refractivity contribution is 0.173. The molecule has 10 heteroatoms. The smallest absolute Gasteiger partial charge is 0.292 e. The molecule has 0 aliphatic carbocycles. The largest absolute Gasteiger partial charge is 0.418 e. The van der Waals surface area contributed by atoms with Gasteiger partial charge in [-0.25, -0.2) is 0 Å². The highest BCUT2D eigenvalue weighted by atomic mass is 35.5. The van der Waals surface area contributed by atoms with E-state index in [4.69, 9.17) is 16.0 Å². The van der Waals surface area contributed by atoms with Gasteiger partial charge >= 0.3 is 0 Å². The van der Waals surface area contributed by atoms with Crippen LogP contribution in [0.2, 0.25) is 5.02 Å². The first-order chi connectivity index (χ1) is 15.6. The number of rotatable bonds is 5. The topological polar surface area (TPSA) is 80.3 Å². The van der Waals surface area contributed by atoms with Crippen molar-refractivity contribution in [1.82, 2.24) is 24.9 Å². The monoisotopic (exact) mass is 468 g/mol. The Bertz CT molecular complexity index is 1250. The van der Waals surface area contributed by atoms with Crippen molar-refractivity contribution in [3.05, 3.63) is 75.3 Å². The Hall–Kier alpha value is -3.01. The van der Waals surface area contributed by atoms with Gasteiger partial charge in [0.1, 0.15) is 5.02 Å². The molecule has 1 aromatic carbocycles. The van der Waals surface area contributed by atoms with Gasteiger partial charge in [-0.3, -0.25) is 9.69 Å². The molecular weight excluding hydrogens is 448 g/mol. The number of thiophene rings is 1. The molecule has 1 unspecified atom stereocenters. The van der Waals surface area contributed by atoms with Gasteiger partial charge in [0.15, 0.2) is 0 Å². The summed E-state index contributed by atoms with van der Waals surface area (Å²) in [6.45, 7) is 5.04. The fourth-order valence-corrected chi connectivity index (χ4v) is 4.70. The van der Waals surface area contributed by atoms with Crippen molar-refractivity contribution >= 4 is 28.6 Å². The van der Waals surface area contributed by atoms with Gasteiger partial charge in [0.25, 0.3) is 11.4 Å². The van der Waals surface area contributed by atoms with Gasteiger partial charge in [-0.05, 0) is 30.5 Å². The molecule has 0 N–H and O–H groups in total. The molecule has 1 aliphatic heterocycles. The number of hydrogen-bond donors (Lipinski definition) is 0. The standard InChI is InChI=1S/C22H21ClN6O2S/c1-15(20-25-26-21(31-20)18-8-5-13-32-18)27-9-11-28(12-10-27)17-14-24-29(22(30)19(17)23)16-6-3-2-4-7-16/h2-8,13-15H,9-12H2,1H3. The molecule has 8 nitrogen and oxygen atoms in total. The highest BCUT2D eigenvalue weighted by Crippen LogP contribution is 2.29. The number of nitrogens with zero attached hydrogens (tertiary/aromatic N) is 6. The number of halogens is 1. The van der Waals surface area contributed by atoms with Crippen LogP contribution in [0, 0.1) is 0 Å². The molecule has 1 saturated heterocycles. The van der Waals surface area contributed by atoms with Gasteiger partial charge in [0.05, 0.1) is 28.5 Å². The number of aromatic nitrogens is 4. The molecule has 0 spiro atoms. The quantitative estimate of drug-likeness (QED) is 0.439. The van der Waals surface area contributed by atoms with Crippen LogP contribution in [0.4, 0.5) is 5.69 Å². The van der Waals surface area contributed by atoms with Crippen LogP contribution in [0.3, 0.4) is 0 Å². The van der Waals surface area contributed by atoms with E-state index in [-0.39, 0.29) is 16.6 Å². The van der Waals surface area contributed by atoms with Crippen molar-refractivity contribution in [1.29, 1.82) is 0 Å². The number of benzene rings is 1. The van der Waals surface area contributed by atoms with E-state index in [2.05, 4.69) is 32.0 Å². The van der Waals surface area contributed by atoms with Crippen molar-refractivity contribution in [2.45, 2.75) is 13.0 Å². The summed E-state index contributed by atoms with van der Waals surface area (Å²) in [6.07, 6.45) is 1.67. The minimum absolute atomic E-state index is 0.00181. The average Bonchev–Trinajstić information content (AvgIpc) is 3.53. The molecule has 0 amide bonds. The molecule has 32 heavy (non-hydrogen) atoms. The molecule has 0 radical (unpaired) electrons. The second kappa shape index (κ2) is 8.85. The van der Waals surface area contributed by atoms with Crippen molar-refractivity contribution in [3.8, 4) is 16.5 Å². The molecule has 1 fully saturated rings. The van der Waals surface area contributed by atoms with E-state index in [0.717, 1.165) is 18.0 Å². The Balaban J connectivity index is 1.28. The molecule has 1 aliphatic rings. The van der Waals surface area contributed by atoms with Crippen LogP contribution in [0.25, 0.3) is 16.5 Å². The molecule has 4 aromatic rings. The lowest BCUT2D eigenvalue weighted by atomic mass is 10.2. The zero-order valence-electron chi connectivity index (χ0n) is 17.4. The van der Waals surface area contributed by atoms with Crippen LogP contribution in [-0.2, 0) is 0 Å². The fraction of sp³-hybridized carbons (Fsp3) is 0.273. The Kier molecular flexibility index (Phi) is 5.77. The molecule has 4 heterocycles. The van der Waals surface area contributed by atoms with Crippen LogP contribution >= 0.6 is 22.9 Å². The van der Waals surface area contributed by atoms with E-state index in [9.17, 15) is 4.79 Å². The Labute approximate surface area is 193 Å². The second-order valence-corrected chi connectivity index (χ2v) is 8.84. The lowest BCUT2D eigenvalue weighted by Crippen LogP contribution is -2.47. The normalized spacial score (nSPS) is 15.8. The third kappa shape index (κ3) is 3.94. The SMILES string of the molecule is CC(c1nnc(-c2cccs2)o1)N1CCN(c2cnn(-c3ccccc3)c(=O)c2Cl)CC1. The maximum atomic E-state index is 12.8. The first kappa shape index (κ1) is 20.9. The van der Waals surface area contributed by atoms with Crippen molar-refractivity contribution in [2.75, 3.05) is 31.1 Å². The maximum absolute atomic E-state index is 12.8. The summed E-state index contributed by atoms with van der Waals surface area (Å²) in [4.78, 5) is 18.1. The summed E-state index contributed by atoms with van der Waals surface area (Å²) < 4.78 is 7.23. The predicted molar refractivity (Wildman–Crippen MR) is 125 cm³/mol. The predicted octanol–water partition coefficient (Wildman–Crippen LogP) is 3.88. The fourth-order valence-electron chi connectivity index (χ4n) is 3.81. The summed E-state index contributed by atoms with van der Waals surface area (Å²) in [5, 5.41) is 14.9. The number of anilines is 1. The second-order valence-electron chi connectivity index (χ2n) is 7.52. The molecular formula is C22H21ClN6O2S. The highest BCUT2D eigenvalue weighted by Gasteiger charge is 2.27. The minimum Gasteiger partial charge on any atom is -0.418 e. The molecule has 0 bridgehead atoms. The van der Waals surface area contributed by atoms with E-state index in [0.29, 0.717) is 36.2 Å². The van der Waals surface area contributed by atoms with Crippen molar-refractivity contribution in [3.63, 3.8) is 0 Å². The zero-order chi connectivity index (χ0) is 22.1. The maximum Gasteiger partial charge on any atom is 0.292 e. The Morgan fingerprint density at radius 2 is 1.84 bits per heavy atom. The average molecular weight is 469 g/mol. The molecule has 1 atom stereocenters. The van der Waals surface area contributed by atoms with Crippen LogP contribution in [-0.4, -0.2) is 51.1 Å².